The zero-order valence-electron chi connectivity index (χ0n) is 14.4. The van der Waals surface area contributed by atoms with Crippen LogP contribution in [-0.4, -0.2) is 35.5 Å². The first-order chi connectivity index (χ1) is 11.0. The summed E-state index contributed by atoms with van der Waals surface area (Å²) in [6.45, 7) is 5.38. The minimum Gasteiger partial charge on any atom is -0.328 e. The Morgan fingerprint density at radius 3 is 2.38 bits per heavy atom. The molecule has 4 nitrogen and oxygen atoms in total. The molecule has 0 saturated carbocycles. The molecule has 1 atom stereocenters. The molecule has 1 N–H and O–H groups in total. The molecule has 1 aliphatic heterocycles. The number of likely N-dealkylation sites (tertiary alicyclic amines) is 1. The summed E-state index contributed by atoms with van der Waals surface area (Å²) in [7, 11) is 0. The number of alkyl halides is 3. The van der Waals surface area contributed by atoms with E-state index in [-0.39, 0.29) is 6.54 Å². The quantitative estimate of drug-likeness (QED) is 0.831. The van der Waals surface area contributed by atoms with E-state index >= 15 is 0 Å². The minimum absolute atomic E-state index is 0.0438. The SMILES string of the molecule is CC1=C(NC(=O)C2N(C(=O)C(F)(F)F)CCCC2(C)C)CCCC1. The zero-order chi connectivity index (χ0) is 18.1. The highest BCUT2D eigenvalue weighted by Crippen LogP contribution is 2.37. The number of piperidine rings is 1. The van der Waals surface area contributed by atoms with Crippen molar-refractivity contribution in [2.24, 2.45) is 5.41 Å². The second-order valence-electron chi connectivity index (χ2n) is 7.45. The van der Waals surface area contributed by atoms with Gasteiger partial charge in [-0.05, 0) is 50.9 Å². The molecule has 2 amide bonds. The van der Waals surface area contributed by atoms with E-state index in [2.05, 4.69) is 5.32 Å². The number of halogens is 3. The topological polar surface area (TPSA) is 49.4 Å². The zero-order valence-corrected chi connectivity index (χ0v) is 14.4. The van der Waals surface area contributed by atoms with Gasteiger partial charge < -0.3 is 10.2 Å². The second kappa shape index (κ2) is 6.76. The summed E-state index contributed by atoms with van der Waals surface area (Å²) in [6.07, 6.45) is -0.297. The van der Waals surface area contributed by atoms with Crippen LogP contribution in [0.15, 0.2) is 11.3 Å². The number of hydrogen-bond acceptors (Lipinski definition) is 2. The van der Waals surface area contributed by atoms with Gasteiger partial charge in [0.25, 0.3) is 0 Å². The average molecular weight is 346 g/mol. The highest BCUT2D eigenvalue weighted by molar-refractivity contribution is 5.91. The van der Waals surface area contributed by atoms with Gasteiger partial charge in [-0.15, -0.1) is 0 Å². The molecule has 1 fully saturated rings. The molecule has 2 aliphatic rings. The van der Waals surface area contributed by atoms with Gasteiger partial charge >= 0.3 is 12.1 Å². The molecule has 1 unspecified atom stereocenters. The molecular weight excluding hydrogens is 321 g/mol. The lowest BCUT2D eigenvalue weighted by Crippen LogP contribution is -2.61. The lowest BCUT2D eigenvalue weighted by molar-refractivity contribution is -0.193. The van der Waals surface area contributed by atoms with Crippen molar-refractivity contribution >= 4 is 11.8 Å². The molecule has 0 aromatic heterocycles. The van der Waals surface area contributed by atoms with E-state index < -0.39 is 29.4 Å². The van der Waals surface area contributed by atoms with Crippen molar-refractivity contribution in [1.82, 2.24) is 10.2 Å². The number of amides is 2. The minimum atomic E-state index is -4.97. The first kappa shape index (κ1) is 18.8. The Balaban J connectivity index is 2.26. The van der Waals surface area contributed by atoms with Gasteiger partial charge in [0.1, 0.15) is 6.04 Å². The molecule has 1 saturated heterocycles. The van der Waals surface area contributed by atoms with E-state index in [9.17, 15) is 22.8 Å². The van der Waals surface area contributed by atoms with E-state index in [1.807, 2.05) is 6.92 Å². The first-order valence-corrected chi connectivity index (χ1v) is 8.41. The number of allylic oxidation sites excluding steroid dienone is 2. The third-order valence-corrected chi connectivity index (χ3v) is 5.04. The van der Waals surface area contributed by atoms with Crippen molar-refractivity contribution in [3.8, 4) is 0 Å². The molecule has 0 radical (unpaired) electrons. The monoisotopic (exact) mass is 346 g/mol. The van der Waals surface area contributed by atoms with E-state index in [1.165, 1.54) is 0 Å². The summed E-state index contributed by atoms with van der Waals surface area (Å²) in [5.74, 6) is -2.43. The predicted octanol–water partition coefficient (Wildman–Crippen LogP) is 3.53. The van der Waals surface area contributed by atoms with Crippen LogP contribution in [0.1, 0.15) is 59.3 Å². The Morgan fingerprint density at radius 1 is 1.17 bits per heavy atom. The maximum Gasteiger partial charge on any atom is 0.471 e. The van der Waals surface area contributed by atoms with Crippen molar-refractivity contribution < 1.29 is 22.8 Å². The fourth-order valence-corrected chi connectivity index (χ4v) is 3.71. The highest BCUT2D eigenvalue weighted by Gasteiger charge is 2.51. The standard InChI is InChI=1S/C17H25F3N2O2/c1-11-7-4-5-8-12(11)21-14(23)13-16(2,3)9-6-10-22(13)15(24)17(18,19)20/h13H,4-10H2,1-3H3,(H,21,23). The Kier molecular flexibility index (Phi) is 5.30. The predicted molar refractivity (Wildman–Crippen MR) is 83.9 cm³/mol. The van der Waals surface area contributed by atoms with Crippen LogP contribution in [0, 0.1) is 5.41 Å². The number of rotatable bonds is 2. The molecular formula is C17H25F3N2O2. The summed E-state index contributed by atoms with van der Waals surface area (Å²) in [5.41, 5.74) is 1.16. The van der Waals surface area contributed by atoms with Crippen LogP contribution >= 0.6 is 0 Å². The first-order valence-electron chi connectivity index (χ1n) is 8.41. The van der Waals surface area contributed by atoms with E-state index in [0.29, 0.717) is 17.7 Å². The molecule has 0 bridgehead atoms. The summed E-state index contributed by atoms with van der Waals surface area (Å²) >= 11 is 0. The molecule has 0 spiro atoms. The Labute approximate surface area is 140 Å². The van der Waals surface area contributed by atoms with E-state index in [4.69, 9.17) is 0 Å². The third-order valence-electron chi connectivity index (χ3n) is 5.04. The van der Waals surface area contributed by atoms with E-state index in [1.54, 1.807) is 13.8 Å². The van der Waals surface area contributed by atoms with Crippen LogP contribution in [0.25, 0.3) is 0 Å². The summed E-state index contributed by atoms with van der Waals surface area (Å²) in [6, 6.07) is -1.11. The van der Waals surface area contributed by atoms with Gasteiger partial charge in [0.15, 0.2) is 0 Å². The van der Waals surface area contributed by atoms with Crippen molar-refractivity contribution in [2.75, 3.05) is 6.54 Å². The highest BCUT2D eigenvalue weighted by atomic mass is 19.4. The van der Waals surface area contributed by atoms with Gasteiger partial charge in [0.2, 0.25) is 5.91 Å². The van der Waals surface area contributed by atoms with Crippen LogP contribution < -0.4 is 5.32 Å². The largest absolute Gasteiger partial charge is 0.471 e. The van der Waals surface area contributed by atoms with Crippen LogP contribution in [0.2, 0.25) is 0 Å². The van der Waals surface area contributed by atoms with Crippen LogP contribution in [-0.2, 0) is 9.59 Å². The molecule has 0 aromatic rings. The lowest BCUT2D eigenvalue weighted by atomic mass is 9.75. The van der Waals surface area contributed by atoms with Crippen molar-refractivity contribution in [3.05, 3.63) is 11.3 Å². The Hall–Kier alpha value is -1.53. The molecule has 1 aliphatic carbocycles. The number of nitrogens with zero attached hydrogens (tertiary/aromatic N) is 1. The molecule has 2 rings (SSSR count). The number of carbonyl (C=O) groups excluding carboxylic acids is 2. The maximum atomic E-state index is 12.9. The van der Waals surface area contributed by atoms with Crippen molar-refractivity contribution in [1.29, 1.82) is 0 Å². The fraction of sp³-hybridized carbons (Fsp3) is 0.765. The molecule has 7 heteroatoms. The van der Waals surface area contributed by atoms with Gasteiger partial charge in [-0.2, -0.15) is 13.2 Å². The summed E-state index contributed by atoms with van der Waals surface area (Å²) in [5, 5.41) is 2.81. The Bertz CT molecular complexity index is 553. The number of nitrogens with one attached hydrogen (secondary N) is 1. The van der Waals surface area contributed by atoms with Gasteiger partial charge in [0, 0.05) is 12.2 Å². The molecule has 0 aromatic carbocycles. The molecule has 24 heavy (non-hydrogen) atoms. The van der Waals surface area contributed by atoms with Crippen molar-refractivity contribution in [2.45, 2.75) is 71.5 Å². The van der Waals surface area contributed by atoms with Crippen LogP contribution in [0.5, 0.6) is 0 Å². The second-order valence-corrected chi connectivity index (χ2v) is 7.45. The number of carbonyl (C=O) groups is 2. The summed E-state index contributed by atoms with van der Waals surface area (Å²) in [4.78, 5) is 25.3. The lowest BCUT2D eigenvalue weighted by Gasteiger charge is -2.45. The molecule has 136 valence electrons. The number of hydrogen-bond donors (Lipinski definition) is 1. The summed E-state index contributed by atoms with van der Waals surface area (Å²) < 4.78 is 38.7. The Morgan fingerprint density at radius 2 is 1.79 bits per heavy atom. The van der Waals surface area contributed by atoms with Gasteiger partial charge in [0.05, 0.1) is 0 Å². The van der Waals surface area contributed by atoms with Crippen LogP contribution in [0.3, 0.4) is 0 Å². The van der Waals surface area contributed by atoms with Gasteiger partial charge in [-0.1, -0.05) is 19.4 Å². The smallest absolute Gasteiger partial charge is 0.328 e. The third kappa shape index (κ3) is 3.92. The molecule has 1 heterocycles. The van der Waals surface area contributed by atoms with Gasteiger partial charge in [-0.25, -0.2) is 0 Å². The van der Waals surface area contributed by atoms with Crippen LogP contribution in [0.4, 0.5) is 13.2 Å². The maximum absolute atomic E-state index is 12.9. The fourth-order valence-electron chi connectivity index (χ4n) is 3.71. The average Bonchev–Trinajstić information content (AvgIpc) is 2.46. The van der Waals surface area contributed by atoms with Gasteiger partial charge in [-0.3, -0.25) is 9.59 Å². The van der Waals surface area contributed by atoms with E-state index in [0.717, 1.165) is 37.0 Å². The van der Waals surface area contributed by atoms with Crippen molar-refractivity contribution in [3.63, 3.8) is 0 Å². The normalized spacial score (nSPS) is 24.8.